The van der Waals surface area contributed by atoms with Gasteiger partial charge in [-0.05, 0) is 24.3 Å². The Balaban J connectivity index is 2.17. The van der Waals surface area contributed by atoms with Crippen LogP contribution in [0.15, 0.2) is 48.8 Å². The number of ether oxygens (including phenoxy) is 1. The van der Waals surface area contributed by atoms with Crippen LogP contribution in [0.3, 0.4) is 0 Å². The zero-order chi connectivity index (χ0) is 12.1. The van der Waals surface area contributed by atoms with Gasteiger partial charge in [-0.25, -0.2) is 0 Å². The van der Waals surface area contributed by atoms with E-state index in [2.05, 4.69) is 0 Å². The molecule has 0 amide bonds. The molecule has 0 aliphatic heterocycles. The molecule has 2 N–H and O–H groups in total. The van der Waals surface area contributed by atoms with Crippen molar-refractivity contribution in [3.05, 3.63) is 48.8 Å². The maximum Gasteiger partial charge on any atom is 0.143 e. The van der Waals surface area contributed by atoms with Crippen molar-refractivity contribution < 1.29 is 14.9 Å². The Morgan fingerprint density at radius 2 is 1.82 bits per heavy atom. The highest BCUT2D eigenvalue weighted by Gasteiger charge is 2.07. The summed E-state index contributed by atoms with van der Waals surface area (Å²) in [6, 6.07) is 11.4. The Kier molecular flexibility index (Phi) is 3.80. The Morgan fingerprint density at radius 1 is 1.12 bits per heavy atom. The summed E-state index contributed by atoms with van der Waals surface area (Å²) in [5.41, 5.74) is 0.905. The molecule has 1 aromatic carbocycles. The molecule has 90 valence electrons. The van der Waals surface area contributed by atoms with Crippen LogP contribution >= 0.6 is 0 Å². The number of rotatable bonds is 5. The number of aliphatic hydroxyl groups is 2. The van der Waals surface area contributed by atoms with E-state index in [1.54, 1.807) is 0 Å². The lowest BCUT2D eigenvalue weighted by molar-refractivity contribution is 0.0536. The van der Waals surface area contributed by atoms with Gasteiger partial charge < -0.3 is 19.5 Å². The number of aromatic nitrogens is 1. The molecule has 4 heteroatoms. The van der Waals surface area contributed by atoms with E-state index in [0.29, 0.717) is 5.75 Å². The number of para-hydroxylation sites is 2. The van der Waals surface area contributed by atoms with E-state index in [4.69, 9.17) is 9.84 Å². The number of benzene rings is 1. The third-order valence-corrected chi connectivity index (χ3v) is 2.39. The first-order chi connectivity index (χ1) is 8.31. The monoisotopic (exact) mass is 233 g/mol. The van der Waals surface area contributed by atoms with E-state index in [-0.39, 0.29) is 13.2 Å². The van der Waals surface area contributed by atoms with Gasteiger partial charge in [-0.1, -0.05) is 12.1 Å². The van der Waals surface area contributed by atoms with Crippen LogP contribution in [0.4, 0.5) is 0 Å². The van der Waals surface area contributed by atoms with E-state index < -0.39 is 6.10 Å². The number of hydrogen-bond donors (Lipinski definition) is 2. The molecule has 0 saturated heterocycles. The minimum Gasteiger partial charge on any atom is -0.489 e. The zero-order valence-corrected chi connectivity index (χ0v) is 9.36. The highest BCUT2D eigenvalue weighted by Crippen LogP contribution is 2.22. The predicted molar refractivity (Wildman–Crippen MR) is 64.4 cm³/mol. The van der Waals surface area contributed by atoms with Crippen LogP contribution in [0.25, 0.3) is 5.69 Å². The van der Waals surface area contributed by atoms with Gasteiger partial charge in [-0.3, -0.25) is 0 Å². The minimum atomic E-state index is -0.854. The molecule has 2 rings (SSSR count). The quantitative estimate of drug-likeness (QED) is 0.816. The minimum absolute atomic E-state index is 0.0782. The van der Waals surface area contributed by atoms with Crippen LogP contribution in [-0.2, 0) is 0 Å². The van der Waals surface area contributed by atoms with Gasteiger partial charge in [0.25, 0.3) is 0 Å². The summed E-state index contributed by atoms with van der Waals surface area (Å²) < 4.78 is 7.41. The third kappa shape index (κ3) is 2.87. The maximum absolute atomic E-state index is 9.26. The van der Waals surface area contributed by atoms with Crippen molar-refractivity contribution in [2.24, 2.45) is 0 Å². The first-order valence-corrected chi connectivity index (χ1v) is 5.45. The number of nitrogens with zero attached hydrogens (tertiary/aromatic N) is 1. The van der Waals surface area contributed by atoms with Crippen LogP contribution in [0.5, 0.6) is 5.75 Å². The van der Waals surface area contributed by atoms with E-state index in [9.17, 15) is 5.11 Å². The van der Waals surface area contributed by atoms with E-state index in [1.807, 2.05) is 53.4 Å². The molecule has 0 radical (unpaired) electrons. The average molecular weight is 233 g/mol. The predicted octanol–water partition coefficient (Wildman–Crippen LogP) is 1.21. The van der Waals surface area contributed by atoms with Gasteiger partial charge >= 0.3 is 0 Å². The standard InChI is InChI=1S/C13H15NO3/c15-9-11(16)10-17-13-6-2-1-5-12(13)14-7-3-4-8-14/h1-8,11,15-16H,9-10H2/t11-/m1/s1. The lowest BCUT2D eigenvalue weighted by Gasteiger charge is -2.14. The Morgan fingerprint density at radius 3 is 2.53 bits per heavy atom. The molecule has 0 saturated carbocycles. The summed E-state index contributed by atoms with van der Waals surface area (Å²) in [6.07, 6.45) is 2.99. The Hall–Kier alpha value is -1.78. The first kappa shape index (κ1) is 11.7. The fourth-order valence-corrected chi connectivity index (χ4v) is 1.53. The van der Waals surface area contributed by atoms with Crippen LogP contribution in [0, 0.1) is 0 Å². The average Bonchev–Trinajstić information content (AvgIpc) is 2.90. The molecule has 0 fully saturated rings. The summed E-state index contributed by atoms with van der Waals surface area (Å²) in [5.74, 6) is 0.677. The molecule has 0 aliphatic rings. The highest BCUT2D eigenvalue weighted by atomic mass is 16.5. The SMILES string of the molecule is OC[C@@H](O)COc1ccccc1-n1cccc1. The number of hydrogen-bond acceptors (Lipinski definition) is 3. The van der Waals surface area contributed by atoms with Crippen molar-refractivity contribution in [2.45, 2.75) is 6.10 Å². The highest BCUT2D eigenvalue weighted by molar-refractivity contribution is 5.46. The van der Waals surface area contributed by atoms with Crippen molar-refractivity contribution >= 4 is 0 Å². The van der Waals surface area contributed by atoms with Crippen molar-refractivity contribution in [1.82, 2.24) is 4.57 Å². The second-order valence-corrected chi connectivity index (χ2v) is 3.71. The maximum atomic E-state index is 9.26. The van der Waals surface area contributed by atoms with Crippen LogP contribution in [0.2, 0.25) is 0 Å². The zero-order valence-electron chi connectivity index (χ0n) is 9.36. The molecule has 1 heterocycles. The Bertz CT molecular complexity index is 453. The largest absolute Gasteiger partial charge is 0.489 e. The summed E-state index contributed by atoms with van der Waals surface area (Å²) >= 11 is 0. The fraction of sp³-hybridized carbons (Fsp3) is 0.231. The molecule has 1 aromatic heterocycles. The molecule has 17 heavy (non-hydrogen) atoms. The van der Waals surface area contributed by atoms with Gasteiger partial charge in [-0.15, -0.1) is 0 Å². The summed E-state index contributed by atoms with van der Waals surface area (Å²) in [6.45, 7) is -0.222. The topological polar surface area (TPSA) is 54.6 Å². The normalized spacial score (nSPS) is 12.4. The molecule has 0 unspecified atom stereocenters. The van der Waals surface area contributed by atoms with E-state index in [1.165, 1.54) is 0 Å². The third-order valence-electron chi connectivity index (χ3n) is 2.39. The van der Waals surface area contributed by atoms with Gasteiger partial charge in [0.1, 0.15) is 18.5 Å². The Labute approximate surface area is 99.7 Å². The summed E-state index contributed by atoms with van der Waals surface area (Å²) in [7, 11) is 0. The van der Waals surface area contributed by atoms with Crippen molar-refractivity contribution in [2.75, 3.05) is 13.2 Å². The molecule has 0 bridgehead atoms. The lowest BCUT2D eigenvalue weighted by Crippen LogP contribution is -2.21. The molecule has 1 atom stereocenters. The molecule has 2 aromatic rings. The summed E-state index contributed by atoms with van der Waals surface area (Å²) in [5, 5.41) is 18.0. The van der Waals surface area contributed by atoms with Crippen molar-refractivity contribution in [3.63, 3.8) is 0 Å². The second kappa shape index (κ2) is 5.52. The number of aliphatic hydroxyl groups excluding tert-OH is 2. The first-order valence-electron chi connectivity index (χ1n) is 5.45. The van der Waals surface area contributed by atoms with E-state index in [0.717, 1.165) is 5.69 Å². The smallest absolute Gasteiger partial charge is 0.143 e. The van der Waals surface area contributed by atoms with Crippen LogP contribution in [0.1, 0.15) is 0 Å². The van der Waals surface area contributed by atoms with Crippen molar-refractivity contribution in [1.29, 1.82) is 0 Å². The molecule has 0 aliphatic carbocycles. The van der Waals surface area contributed by atoms with Gasteiger partial charge in [-0.2, -0.15) is 0 Å². The van der Waals surface area contributed by atoms with Crippen molar-refractivity contribution in [3.8, 4) is 11.4 Å². The van der Waals surface area contributed by atoms with Gasteiger partial charge in [0.15, 0.2) is 0 Å². The van der Waals surface area contributed by atoms with Gasteiger partial charge in [0.2, 0.25) is 0 Å². The fourth-order valence-electron chi connectivity index (χ4n) is 1.53. The molecular weight excluding hydrogens is 218 g/mol. The van der Waals surface area contributed by atoms with Gasteiger partial charge in [0.05, 0.1) is 12.3 Å². The van der Waals surface area contributed by atoms with Crippen LogP contribution < -0.4 is 4.74 Å². The molecular formula is C13H15NO3. The lowest BCUT2D eigenvalue weighted by atomic mass is 10.3. The second-order valence-electron chi connectivity index (χ2n) is 3.71. The summed E-state index contributed by atoms with van der Waals surface area (Å²) in [4.78, 5) is 0. The van der Waals surface area contributed by atoms with E-state index >= 15 is 0 Å². The van der Waals surface area contributed by atoms with Crippen LogP contribution in [-0.4, -0.2) is 34.1 Å². The molecule has 0 spiro atoms. The van der Waals surface area contributed by atoms with Gasteiger partial charge in [0, 0.05) is 12.4 Å². The molecule has 4 nitrogen and oxygen atoms in total.